The Bertz CT molecular complexity index is 615. The zero-order valence-corrected chi connectivity index (χ0v) is 14.2. The number of likely N-dealkylation sites (tertiary alicyclic amines) is 1. The van der Waals surface area contributed by atoms with Crippen LogP contribution < -0.4 is 0 Å². The normalized spacial score (nSPS) is 23.8. The third-order valence-corrected chi connectivity index (χ3v) is 5.19. The maximum Gasteiger partial charge on any atom is 0.427 e. The van der Waals surface area contributed by atoms with Gasteiger partial charge in [-0.3, -0.25) is 0 Å². The fourth-order valence-electron chi connectivity index (χ4n) is 3.63. The lowest BCUT2D eigenvalue weighted by Crippen LogP contribution is -2.48. The number of carbonyl (C=O) groups excluding carboxylic acids is 1. The molecule has 5 nitrogen and oxygen atoms in total. The van der Waals surface area contributed by atoms with Crippen molar-refractivity contribution >= 4 is 6.09 Å². The van der Waals surface area contributed by atoms with Crippen LogP contribution in [0.1, 0.15) is 30.7 Å². The van der Waals surface area contributed by atoms with E-state index in [0.717, 1.165) is 6.42 Å². The molecule has 2 saturated heterocycles. The second-order valence-electron chi connectivity index (χ2n) is 6.89. The van der Waals surface area contributed by atoms with Crippen molar-refractivity contribution in [2.24, 2.45) is 0 Å². The molecule has 0 bridgehead atoms. The van der Waals surface area contributed by atoms with E-state index in [9.17, 15) is 18.0 Å². The van der Waals surface area contributed by atoms with Crippen molar-refractivity contribution in [1.29, 1.82) is 0 Å². The van der Waals surface area contributed by atoms with E-state index in [2.05, 4.69) is 16.9 Å². The molecule has 3 rings (SSSR count). The first kappa shape index (κ1) is 19.0. The molecule has 1 aromatic rings. The minimum atomic E-state index is -4.78. The van der Waals surface area contributed by atoms with E-state index in [4.69, 9.17) is 9.84 Å². The Morgan fingerprint density at radius 1 is 1.31 bits per heavy atom. The fourth-order valence-corrected chi connectivity index (χ4v) is 3.63. The number of ether oxygens (including phenoxy) is 2. The second-order valence-corrected chi connectivity index (χ2v) is 6.89. The van der Waals surface area contributed by atoms with E-state index < -0.39 is 25.0 Å². The lowest BCUT2D eigenvalue weighted by Gasteiger charge is -2.38. The van der Waals surface area contributed by atoms with E-state index >= 15 is 0 Å². The molecule has 8 heteroatoms. The summed E-state index contributed by atoms with van der Waals surface area (Å²) in [6.07, 6.45) is -6.37. The van der Waals surface area contributed by atoms with Crippen molar-refractivity contribution < 1.29 is 32.5 Å². The monoisotopic (exact) mass is 373 g/mol. The molecular formula is C18H22F3NO4. The largest absolute Gasteiger partial charge is 0.434 e. The molecule has 0 aliphatic carbocycles. The van der Waals surface area contributed by atoms with Crippen LogP contribution in [0.4, 0.5) is 18.0 Å². The highest BCUT2D eigenvalue weighted by molar-refractivity contribution is 5.68. The maximum atomic E-state index is 12.6. The highest BCUT2D eigenvalue weighted by Gasteiger charge is 2.46. The van der Waals surface area contributed by atoms with Gasteiger partial charge < -0.3 is 19.5 Å². The van der Waals surface area contributed by atoms with E-state index in [-0.39, 0.29) is 18.7 Å². The average Bonchev–Trinajstić information content (AvgIpc) is 3.03. The number of piperidine rings is 1. The Morgan fingerprint density at radius 3 is 2.54 bits per heavy atom. The van der Waals surface area contributed by atoms with E-state index in [1.165, 1.54) is 10.5 Å². The molecule has 2 fully saturated rings. The SMILES string of the molecule is O=C(O[C@H](CO)C(F)(F)F)N1CCC2(CC1)CC(c1ccccc1)CO2. The highest BCUT2D eigenvalue weighted by Crippen LogP contribution is 2.42. The quantitative estimate of drug-likeness (QED) is 0.885. The Labute approximate surface area is 149 Å². The van der Waals surface area contributed by atoms with Crippen LogP contribution in [-0.4, -0.2) is 60.3 Å². The third kappa shape index (κ3) is 4.12. The summed E-state index contributed by atoms with van der Waals surface area (Å²) in [6, 6.07) is 10.0. The predicted molar refractivity (Wildman–Crippen MR) is 86.7 cm³/mol. The molecule has 1 N–H and O–H groups in total. The van der Waals surface area contributed by atoms with Gasteiger partial charge in [0.05, 0.1) is 18.8 Å². The minimum Gasteiger partial charge on any atom is -0.434 e. The van der Waals surface area contributed by atoms with Gasteiger partial charge in [-0.2, -0.15) is 13.2 Å². The first-order valence-corrected chi connectivity index (χ1v) is 8.65. The van der Waals surface area contributed by atoms with Crippen LogP contribution in [0.15, 0.2) is 30.3 Å². The van der Waals surface area contributed by atoms with E-state index in [1.807, 2.05) is 18.2 Å². The van der Waals surface area contributed by atoms with Gasteiger partial charge in [-0.25, -0.2) is 4.79 Å². The van der Waals surface area contributed by atoms with Gasteiger partial charge in [0.25, 0.3) is 0 Å². The van der Waals surface area contributed by atoms with Crippen LogP contribution in [0.3, 0.4) is 0 Å². The molecule has 0 radical (unpaired) electrons. The summed E-state index contributed by atoms with van der Waals surface area (Å²) in [6.45, 7) is -0.128. The maximum absolute atomic E-state index is 12.6. The summed E-state index contributed by atoms with van der Waals surface area (Å²) in [5.74, 6) is 0.290. The first-order valence-electron chi connectivity index (χ1n) is 8.65. The number of amides is 1. The Morgan fingerprint density at radius 2 is 1.96 bits per heavy atom. The molecule has 1 amide bonds. The summed E-state index contributed by atoms with van der Waals surface area (Å²) < 4.78 is 48.3. The van der Waals surface area contributed by atoms with Crippen molar-refractivity contribution in [1.82, 2.24) is 4.90 Å². The third-order valence-electron chi connectivity index (χ3n) is 5.19. The molecule has 2 aliphatic rings. The standard InChI is InChI=1S/C18H22F3NO4/c19-18(20,21)15(11-23)26-16(24)22-8-6-17(7-9-22)10-14(12-25-17)13-4-2-1-3-5-13/h1-5,14-15,23H,6-12H2/t14?,15-/m1/s1. The smallest absolute Gasteiger partial charge is 0.427 e. The van der Waals surface area contributed by atoms with Crippen LogP contribution in [-0.2, 0) is 9.47 Å². The minimum absolute atomic E-state index is 0.274. The molecule has 1 aromatic carbocycles. The number of rotatable bonds is 3. The lowest BCUT2D eigenvalue weighted by atomic mass is 9.83. The van der Waals surface area contributed by atoms with Gasteiger partial charge in [0, 0.05) is 19.0 Å². The number of hydrogen-bond donors (Lipinski definition) is 1. The molecule has 144 valence electrons. The molecule has 0 saturated carbocycles. The summed E-state index contributed by atoms with van der Waals surface area (Å²) in [5.41, 5.74) is 0.875. The number of aliphatic hydroxyl groups excluding tert-OH is 1. The molecule has 1 unspecified atom stereocenters. The van der Waals surface area contributed by atoms with Crippen LogP contribution in [0.25, 0.3) is 0 Å². The van der Waals surface area contributed by atoms with Crippen LogP contribution in [0.5, 0.6) is 0 Å². The van der Waals surface area contributed by atoms with Crippen LogP contribution >= 0.6 is 0 Å². The van der Waals surface area contributed by atoms with Gasteiger partial charge >= 0.3 is 12.3 Å². The molecule has 0 aromatic heterocycles. The Hall–Kier alpha value is -1.80. The van der Waals surface area contributed by atoms with Gasteiger partial charge in [-0.1, -0.05) is 30.3 Å². The Balaban J connectivity index is 1.54. The molecule has 2 atom stereocenters. The zero-order chi connectivity index (χ0) is 18.8. The number of halogens is 3. The molecular weight excluding hydrogens is 351 g/mol. The molecule has 26 heavy (non-hydrogen) atoms. The van der Waals surface area contributed by atoms with Gasteiger partial charge in [-0.05, 0) is 24.8 Å². The Kier molecular flexibility index (Phi) is 5.43. The van der Waals surface area contributed by atoms with Crippen LogP contribution in [0, 0.1) is 0 Å². The lowest BCUT2D eigenvalue weighted by molar-refractivity contribution is -0.215. The number of alkyl halides is 3. The van der Waals surface area contributed by atoms with E-state index in [0.29, 0.717) is 25.4 Å². The fraction of sp³-hybridized carbons (Fsp3) is 0.611. The topological polar surface area (TPSA) is 59.0 Å². The number of carbonyl (C=O) groups is 1. The molecule has 1 spiro atoms. The number of benzene rings is 1. The molecule has 2 aliphatic heterocycles. The van der Waals surface area contributed by atoms with Crippen molar-refractivity contribution in [3.63, 3.8) is 0 Å². The van der Waals surface area contributed by atoms with Gasteiger partial charge in [0.2, 0.25) is 6.10 Å². The molecule has 2 heterocycles. The number of aliphatic hydroxyl groups is 1. The number of nitrogens with zero attached hydrogens (tertiary/aromatic N) is 1. The van der Waals surface area contributed by atoms with Crippen molar-refractivity contribution in [3.05, 3.63) is 35.9 Å². The zero-order valence-electron chi connectivity index (χ0n) is 14.2. The van der Waals surface area contributed by atoms with Crippen molar-refractivity contribution in [3.8, 4) is 0 Å². The summed E-state index contributed by atoms with van der Waals surface area (Å²) >= 11 is 0. The average molecular weight is 373 g/mol. The first-order chi connectivity index (χ1) is 12.3. The highest BCUT2D eigenvalue weighted by atomic mass is 19.4. The van der Waals surface area contributed by atoms with E-state index in [1.54, 1.807) is 0 Å². The summed E-state index contributed by atoms with van der Waals surface area (Å²) in [7, 11) is 0. The van der Waals surface area contributed by atoms with Gasteiger partial charge in [0.1, 0.15) is 0 Å². The van der Waals surface area contributed by atoms with Gasteiger partial charge in [-0.15, -0.1) is 0 Å². The second kappa shape index (κ2) is 7.44. The van der Waals surface area contributed by atoms with Gasteiger partial charge in [0.15, 0.2) is 0 Å². The van der Waals surface area contributed by atoms with Crippen molar-refractivity contribution in [2.75, 3.05) is 26.3 Å². The summed E-state index contributed by atoms with van der Waals surface area (Å²) in [5, 5.41) is 8.78. The summed E-state index contributed by atoms with van der Waals surface area (Å²) in [4.78, 5) is 13.2. The van der Waals surface area contributed by atoms with Crippen molar-refractivity contribution in [2.45, 2.75) is 43.1 Å². The predicted octanol–water partition coefficient (Wildman–Crippen LogP) is 3.08. The number of hydrogen-bond acceptors (Lipinski definition) is 4. The van der Waals surface area contributed by atoms with Crippen LogP contribution in [0.2, 0.25) is 0 Å².